The van der Waals surface area contributed by atoms with Gasteiger partial charge in [-0.1, -0.05) is 28.9 Å². The van der Waals surface area contributed by atoms with Crippen molar-refractivity contribution in [1.29, 1.82) is 0 Å². The van der Waals surface area contributed by atoms with Crippen molar-refractivity contribution < 1.29 is 29.1 Å². The van der Waals surface area contributed by atoms with E-state index in [2.05, 4.69) is 15.2 Å². The van der Waals surface area contributed by atoms with Gasteiger partial charge in [0.2, 0.25) is 5.78 Å². The number of amides is 1. The van der Waals surface area contributed by atoms with Gasteiger partial charge in [-0.05, 0) is 38.5 Å². The molecular weight excluding hydrogens is 340 g/mol. The molecule has 8 heteroatoms. The molecule has 0 aliphatic heterocycles. The van der Waals surface area contributed by atoms with E-state index in [0.29, 0.717) is 16.8 Å². The lowest BCUT2D eigenvalue weighted by molar-refractivity contribution is -0.140. The Kier molecular flexibility index (Phi) is 7.39. The van der Waals surface area contributed by atoms with E-state index < -0.39 is 35.1 Å². The molecule has 0 heterocycles. The van der Waals surface area contributed by atoms with E-state index >= 15 is 0 Å². The van der Waals surface area contributed by atoms with E-state index in [4.69, 9.17) is 5.21 Å². The number of carbonyl (C=O) groups excluding carboxylic acids is 4. The minimum absolute atomic E-state index is 0.375. The Bertz CT molecular complexity index is 791. The van der Waals surface area contributed by atoms with Crippen molar-refractivity contribution in [2.75, 3.05) is 12.4 Å². The highest BCUT2D eigenvalue weighted by Gasteiger charge is 2.39. The summed E-state index contributed by atoms with van der Waals surface area (Å²) in [5.74, 6) is -6.33. The summed E-state index contributed by atoms with van der Waals surface area (Å²) in [6.07, 6.45) is 1.08. The lowest BCUT2D eigenvalue weighted by Crippen LogP contribution is -2.42. The summed E-state index contributed by atoms with van der Waals surface area (Å²) in [6.45, 7) is 4.92. The van der Waals surface area contributed by atoms with E-state index in [-0.39, 0.29) is 0 Å². The first-order chi connectivity index (χ1) is 12.2. The summed E-state index contributed by atoms with van der Waals surface area (Å²) in [5.41, 5.74) is 0.749. The van der Waals surface area contributed by atoms with Gasteiger partial charge in [-0.25, -0.2) is 4.79 Å². The monoisotopic (exact) mass is 360 g/mol. The van der Waals surface area contributed by atoms with Crippen LogP contribution in [0.1, 0.15) is 19.4 Å². The highest BCUT2D eigenvalue weighted by atomic mass is 16.5. The number of nitrogens with zero attached hydrogens (tertiary/aromatic N) is 1. The predicted molar refractivity (Wildman–Crippen MR) is 94.0 cm³/mol. The van der Waals surface area contributed by atoms with Crippen LogP contribution in [0.3, 0.4) is 0 Å². The summed E-state index contributed by atoms with van der Waals surface area (Å²) in [7, 11) is 0.994. The zero-order valence-electron chi connectivity index (χ0n) is 14.9. The Labute approximate surface area is 150 Å². The molecule has 8 nitrogen and oxygen atoms in total. The molecule has 1 aromatic rings. The average Bonchev–Trinajstić information content (AvgIpc) is 2.59. The van der Waals surface area contributed by atoms with Crippen LogP contribution in [-0.2, 0) is 23.9 Å². The van der Waals surface area contributed by atoms with E-state index in [9.17, 15) is 19.2 Å². The topological polar surface area (TPSA) is 122 Å². The van der Waals surface area contributed by atoms with Crippen LogP contribution < -0.4 is 5.32 Å². The third-order valence-corrected chi connectivity index (χ3v) is 3.37. The first-order valence-corrected chi connectivity index (χ1v) is 7.62. The van der Waals surface area contributed by atoms with Crippen molar-refractivity contribution in [3.05, 3.63) is 41.5 Å². The first kappa shape index (κ1) is 20.8. The predicted octanol–water partition coefficient (Wildman–Crippen LogP) is 1.66. The standard InChI is InChI=1S/C18H20N2O6/c1-10(2)9-13(21)14(15(20-25)18(24)26-4)16(22)17(23)19-12-8-6-5-7-11(12)3/h5-9,14,25H,1-4H3,(H,19,23)/b20-15-/t14-/m0/s1. The fourth-order valence-corrected chi connectivity index (χ4v) is 2.11. The molecule has 0 aromatic heterocycles. The second kappa shape index (κ2) is 9.26. The first-order valence-electron chi connectivity index (χ1n) is 7.62. The van der Waals surface area contributed by atoms with Crippen molar-refractivity contribution in [2.24, 2.45) is 11.1 Å². The van der Waals surface area contributed by atoms with E-state index in [0.717, 1.165) is 13.2 Å². The zero-order valence-corrected chi connectivity index (χ0v) is 14.9. The molecule has 0 fully saturated rings. The van der Waals surface area contributed by atoms with Crippen LogP contribution in [0, 0.1) is 12.8 Å². The van der Waals surface area contributed by atoms with Gasteiger partial charge in [0.1, 0.15) is 5.92 Å². The molecule has 0 saturated carbocycles. The smallest absolute Gasteiger partial charge is 0.357 e. The number of esters is 1. The van der Waals surface area contributed by atoms with Gasteiger partial charge in [-0.2, -0.15) is 0 Å². The number of ether oxygens (including phenoxy) is 1. The van der Waals surface area contributed by atoms with Gasteiger partial charge >= 0.3 is 5.97 Å². The van der Waals surface area contributed by atoms with Crippen molar-refractivity contribution in [3.63, 3.8) is 0 Å². The summed E-state index contributed by atoms with van der Waals surface area (Å²) in [6, 6.07) is 6.71. The summed E-state index contributed by atoms with van der Waals surface area (Å²) in [4.78, 5) is 49.0. The Morgan fingerprint density at radius 1 is 1.19 bits per heavy atom. The molecule has 138 valence electrons. The number of nitrogens with one attached hydrogen (secondary N) is 1. The number of anilines is 1. The lowest BCUT2D eigenvalue weighted by Gasteiger charge is -2.14. The normalized spacial score (nSPS) is 11.9. The summed E-state index contributed by atoms with van der Waals surface area (Å²) < 4.78 is 4.42. The number of Topliss-reactive ketones (excluding diaryl/α,β-unsaturated/α-hetero) is 1. The van der Waals surface area contributed by atoms with Crippen LogP contribution in [-0.4, -0.2) is 41.5 Å². The molecule has 0 radical (unpaired) electrons. The molecule has 0 aliphatic rings. The Hall–Kier alpha value is -3.29. The molecule has 0 aliphatic carbocycles. The van der Waals surface area contributed by atoms with Gasteiger partial charge < -0.3 is 15.3 Å². The second-order valence-electron chi connectivity index (χ2n) is 5.67. The molecule has 0 unspecified atom stereocenters. The molecule has 2 N–H and O–H groups in total. The molecule has 1 aromatic carbocycles. The third-order valence-electron chi connectivity index (χ3n) is 3.37. The van der Waals surface area contributed by atoms with Gasteiger partial charge in [-0.3, -0.25) is 14.4 Å². The van der Waals surface area contributed by atoms with Crippen molar-refractivity contribution >= 4 is 34.8 Å². The summed E-state index contributed by atoms with van der Waals surface area (Å²) >= 11 is 0. The van der Waals surface area contributed by atoms with Crippen LogP contribution in [0.15, 0.2) is 41.1 Å². The van der Waals surface area contributed by atoms with Gasteiger partial charge in [0.05, 0.1) is 7.11 Å². The zero-order chi connectivity index (χ0) is 19.9. The molecular formula is C18H20N2O6. The fraction of sp³-hybridized carbons (Fsp3) is 0.278. The summed E-state index contributed by atoms with van der Waals surface area (Å²) in [5, 5.41) is 14.2. The lowest BCUT2D eigenvalue weighted by atomic mass is 9.91. The van der Waals surface area contributed by atoms with Crippen molar-refractivity contribution in [2.45, 2.75) is 20.8 Å². The number of aryl methyl sites for hydroxylation is 1. The van der Waals surface area contributed by atoms with Crippen LogP contribution in [0.25, 0.3) is 0 Å². The maximum absolute atomic E-state index is 12.5. The number of carbonyl (C=O) groups is 4. The van der Waals surface area contributed by atoms with Crippen LogP contribution >= 0.6 is 0 Å². The number of methoxy groups -OCH3 is 1. The molecule has 1 amide bonds. The molecule has 26 heavy (non-hydrogen) atoms. The Balaban J connectivity index is 3.24. The van der Waals surface area contributed by atoms with Crippen molar-refractivity contribution in [3.8, 4) is 0 Å². The van der Waals surface area contributed by atoms with Gasteiger partial charge in [-0.15, -0.1) is 0 Å². The molecule has 0 saturated heterocycles. The number of hydrogen-bond donors (Lipinski definition) is 2. The van der Waals surface area contributed by atoms with Crippen LogP contribution in [0.5, 0.6) is 0 Å². The van der Waals surface area contributed by atoms with Gasteiger partial charge in [0, 0.05) is 5.69 Å². The maximum atomic E-state index is 12.5. The minimum Gasteiger partial charge on any atom is -0.464 e. The largest absolute Gasteiger partial charge is 0.464 e. The number of ketones is 2. The number of oxime groups is 1. The number of benzene rings is 1. The molecule has 0 bridgehead atoms. The van der Waals surface area contributed by atoms with Crippen molar-refractivity contribution in [1.82, 2.24) is 0 Å². The SMILES string of the molecule is COC(=O)/C(=N\O)[C@H](C(=O)C=C(C)C)C(=O)C(=O)Nc1ccccc1C. The van der Waals surface area contributed by atoms with E-state index in [1.807, 2.05) is 0 Å². The molecule has 1 rings (SSSR count). The van der Waals surface area contributed by atoms with Crippen LogP contribution in [0.2, 0.25) is 0 Å². The highest BCUT2D eigenvalue weighted by molar-refractivity contribution is 6.56. The highest BCUT2D eigenvalue weighted by Crippen LogP contribution is 2.15. The van der Waals surface area contributed by atoms with E-state index in [1.165, 1.54) is 0 Å². The van der Waals surface area contributed by atoms with E-state index in [1.54, 1.807) is 45.0 Å². The maximum Gasteiger partial charge on any atom is 0.357 e. The number of allylic oxidation sites excluding steroid dienone is 2. The number of hydrogen-bond acceptors (Lipinski definition) is 7. The molecule has 1 atom stereocenters. The Morgan fingerprint density at radius 2 is 1.81 bits per heavy atom. The number of rotatable bonds is 7. The van der Waals surface area contributed by atoms with Gasteiger partial charge in [0.15, 0.2) is 11.5 Å². The average molecular weight is 360 g/mol. The van der Waals surface area contributed by atoms with Crippen LogP contribution in [0.4, 0.5) is 5.69 Å². The van der Waals surface area contributed by atoms with Gasteiger partial charge in [0.25, 0.3) is 5.91 Å². The molecule has 0 spiro atoms. The fourth-order valence-electron chi connectivity index (χ4n) is 2.11. The second-order valence-corrected chi connectivity index (χ2v) is 5.67. The minimum atomic E-state index is -1.91. The quantitative estimate of drug-likeness (QED) is 0.145. The number of para-hydroxylation sites is 1. The third kappa shape index (κ3) is 5.10. The Morgan fingerprint density at radius 3 is 2.31 bits per heavy atom.